The summed E-state index contributed by atoms with van der Waals surface area (Å²) >= 11 is 0. The molecule has 0 unspecified atom stereocenters. The highest BCUT2D eigenvalue weighted by molar-refractivity contribution is 5.97. The van der Waals surface area contributed by atoms with E-state index in [0.29, 0.717) is 37.3 Å². The van der Waals surface area contributed by atoms with Crippen LogP contribution in [0.1, 0.15) is 36.0 Å². The molecule has 1 amide bonds. The Balaban J connectivity index is 1.68. The number of aliphatic carboxylic acids is 1. The highest BCUT2D eigenvalue weighted by Crippen LogP contribution is 2.25. The van der Waals surface area contributed by atoms with Gasteiger partial charge in [-0.15, -0.1) is 0 Å². The number of carboxylic acid groups (broad SMARTS) is 1. The third-order valence-corrected chi connectivity index (χ3v) is 4.62. The van der Waals surface area contributed by atoms with Gasteiger partial charge in [-0.25, -0.2) is 0 Å². The first-order valence-corrected chi connectivity index (χ1v) is 8.50. The summed E-state index contributed by atoms with van der Waals surface area (Å²) in [4.78, 5) is 25.6. The number of carboxylic acids is 1. The summed E-state index contributed by atoms with van der Waals surface area (Å²) in [5.74, 6) is -0.947. The number of carbonyl (C=O) groups is 2. The van der Waals surface area contributed by atoms with Crippen molar-refractivity contribution in [2.24, 2.45) is 5.92 Å². The minimum absolute atomic E-state index is 0.0829. The van der Waals surface area contributed by atoms with Crippen molar-refractivity contribution in [3.8, 4) is 5.75 Å². The van der Waals surface area contributed by atoms with Gasteiger partial charge < -0.3 is 19.5 Å². The molecule has 130 valence electrons. The van der Waals surface area contributed by atoms with Gasteiger partial charge in [0.05, 0.1) is 17.6 Å². The Bertz CT molecular complexity index is 597. The smallest absolute Gasteiger partial charge is 0.308 e. The van der Waals surface area contributed by atoms with Crippen molar-refractivity contribution in [1.29, 1.82) is 0 Å². The van der Waals surface area contributed by atoms with E-state index in [2.05, 4.69) is 0 Å². The molecule has 2 saturated heterocycles. The van der Waals surface area contributed by atoms with Gasteiger partial charge in [0.25, 0.3) is 5.91 Å². The molecule has 0 saturated carbocycles. The van der Waals surface area contributed by atoms with Crippen molar-refractivity contribution in [3.63, 3.8) is 0 Å². The van der Waals surface area contributed by atoms with Crippen molar-refractivity contribution >= 4 is 11.9 Å². The molecule has 2 atom stereocenters. The molecule has 6 heteroatoms. The second-order valence-electron chi connectivity index (χ2n) is 6.37. The van der Waals surface area contributed by atoms with Crippen LogP contribution < -0.4 is 4.74 Å². The number of amides is 1. The number of hydrogen-bond acceptors (Lipinski definition) is 4. The normalized spacial score (nSPS) is 23.9. The molecule has 1 aromatic carbocycles. The number of rotatable bonds is 5. The first-order valence-electron chi connectivity index (χ1n) is 8.50. The zero-order chi connectivity index (χ0) is 16.9. The minimum atomic E-state index is -0.838. The lowest BCUT2D eigenvalue weighted by Gasteiger charge is -2.31. The molecule has 24 heavy (non-hydrogen) atoms. The Kier molecular flexibility index (Phi) is 5.35. The van der Waals surface area contributed by atoms with Gasteiger partial charge in [-0.2, -0.15) is 0 Å². The first kappa shape index (κ1) is 16.8. The van der Waals surface area contributed by atoms with Crippen LogP contribution in [-0.2, 0) is 9.53 Å². The van der Waals surface area contributed by atoms with Gasteiger partial charge in [-0.05, 0) is 37.8 Å². The quantitative estimate of drug-likeness (QED) is 0.894. The van der Waals surface area contributed by atoms with Crippen molar-refractivity contribution in [2.45, 2.75) is 31.8 Å². The molecule has 0 radical (unpaired) electrons. The number of carbonyl (C=O) groups excluding carboxylic acids is 1. The molecule has 0 bridgehead atoms. The van der Waals surface area contributed by atoms with Crippen molar-refractivity contribution in [1.82, 2.24) is 4.90 Å². The second kappa shape index (κ2) is 7.66. The minimum Gasteiger partial charge on any atom is -0.490 e. The van der Waals surface area contributed by atoms with Crippen LogP contribution in [0, 0.1) is 5.92 Å². The Hall–Kier alpha value is -2.08. The van der Waals surface area contributed by atoms with Gasteiger partial charge in [-0.3, -0.25) is 9.59 Å². The summed E-state index contributed by atoms with van der Waals surface area (Å²) in [7, 11) is 0. The third kappa shape index (κ3) is 3.87. The summed E-state index contributed by atoms with van der Waals surface area (Å²) in [6.07, 6.45) is 3.43. The molecule has 2 fully saturated rings. The average Bonchev–Trinajstić information content (AvgIpc) is 3.13. The Morgan fingerprint density at radius 2 is 2.08 bits per heavy atom. The number of benzene rings is 1. The van der Waals surface area contributed by atoms with E-state index in [4.69, 9.17) is 9.47 Å². The molecule has 0 aliphatic carbocycles. The van der Waals surface area contributed by atoms with Crippen LogP contribution in [0.15, 0.2) is 24.3 Å². The third-order valence-electron chi connectivity index (χ3n) is 4.62. The molecule has 0 aromatic heterocycles. The van der Waals surface area contributed by atoms with E-state index in [0.717, 1.165) is 19.4 Å². The van der Waals surface area contributed by atoms with Gasteiger partial charge in [0.1, 0.15) is 12.4 Å². The first-order chi connectivity index (χ1) is 11.6. The SMILES string of the molecule is O=C(O)[C@H]1CCCN(C(=O)c2ccccc2OC[C@H]2CCCO2)C1. The molecule has 2 aliphatic heterocycles. The summed E-state index contributed by atoms with van der Waals surface area (Å²) in [5, 5.41) is 9.19. The van der Waals surface area contributed by atoms with Crippen LogP contribution in [0.3, 0.4) is 0 Å². The summed E-state index contributed by atoms with van der Waals surface area (Å²) < 4.78 is 11.4. The van der Waals surface area contributed by atoms with Crippen LogP contribution in [0.4, 0.5) is 0 Å². The lowest BCUT2D eigenvalue weighted by atomic mass is 9.97. The molecule has 2 aliphatic rings. The van der Waals surface area contributed by atoms with E-state index in [-0.39, 0.29) is 18.6 Å². The van der Waals surface area contributed by atoms with Gasteiger partial charge in [0, 0.05) is 19.7 Å². The topological polar surface area (TPSA) is 76.1 Å². The van der Waals surface area contributed by atoms with E-state index in [1.807, 2.05) is 6.07 Å². The molecular formula is C18H23NO5. The van der Waals surface area contributed by atoms with E-state index >= 15 is 0 Å². The highest BCUT2D eigenvalue weighted by Gasteiger charge is 2.30. The summed E-state index contributed by atoms with van der Waals surface area (Å²) in [6.45, 7) is 2.04. The van der Waals surface area contributed by atoms with Crippen LogP contribution in [0.5, 0.6) is 5.75 Å². The fraction of sp³-hybridized carbons (Fsp3) is 0.556. The zero-order valence-corrected chi connectivity index (χ0v) is 13.6. The summed E-state index contributed by atoms with van der Waals surface area (Å²) in [5.41, 5.74) is 0.488. The summed E-state index contributed by atoms with van der Waals surface area (Å²) in [6, 6.07) is 7.14. The average molecular weight is 333 g/mol. The zero-order valence-electron chi connectivity index (χ0n) is 13.6. The van der Waals surface area contributed by atoms with Gasteiger partial charge in [0.2, 0.25) is 0 Å². The maximum absolute atomic E-state index is 12.8. The maximum atomic E-state index is 12.8. The van der Waals surface area contributed by atoms with Crippen molar-refractivity contribution in [3.05, 3.63) is 29.8 Å². The lowest BCUT2D eigenvalue weighted by Crippen LogP contribution is -2.42. The predicted molar refractivity (Wildman–Crippen MR) is 87.2 cm³/mol. The van der Waals surface area contributed by atoms with E-state index in [1.165, 1.54) is 0 Å². The molecule has 1 aromatic rings. The lowest BCUT2D eigenvalue weighted by molar-refractivity contribution is -0.143. The van der Waals surface area contributed by atoms with Crippen LogP contribution >= 0.6 is 0 Å². The molecule has 1 N–H and O–H groups in total. The highest BCUT2D eigenvalue weighted by atomic mass is 16.5. The van der Waals surface area contributed by atoms with E-state index < -0.39 is 11.9 Å². The van der Waals surface area contributed by atoms with Crippen molar-refractivity contribution in [2.75, 3.05) is 26.3 Å². The Morgan fingerprint density at radius 3 is 2.83 bits per heavy atom. The fourth-order valence-corrected chi connectivity index (χ4v) is 3.26. The van der Waals surface area contributed by atoms with Crippen molar-refractivity contribution < 1.29 is 24.2 Å². The number of likely N-dealkylation sites (tertiary alicyclic amines) is 1. The largest absolute Gasteiger partial charge is 0.490 e. The van der Waals surface area contributed by atoms with Gasteiger partial charge in [0.15, 0.2) is 0 Å². The number of ether oxygens (including phenoxy) is 2. The van der Waals surface area contributed by atoms with E-state index in [1.54, 1.807) is 23.1 Å². The Labute approximate surface area is 141 Å². The molecule has 6 nitrogen and oxygen atoms in total. The number of para-hydroxylation sites is 1. The molecule has 3 rings (SSSR count). The number of hydrogen-bond donors (Lipinski definition) is 1. The fourth-order valence-electron chi connectivity index (χ4n) is 3.26. The Morgan fingerprint density at radius 1 is 1.25 bits per heavy atom. The second-order valence-corrected chi connectivity index (χ2v) is 6.37. The maximum Gasteiger partial charge on any atom is 0.308 e. The van der Waals surface area contributed by atoms with Crippen LogP contribution in [-0.4, -0.2) is 54.3 Å². The van der Waals surface area contributed by atoms with E-state index in [9.17, 15) is 14.7 Å². The molecular weight excluding hydrogens is 310 g/mol. The van der Waals surface area contributed by atoms with Crippen LogP contribution in [0.2, 0.25) is 0 Å². The van der Waals surface area contributed by atoms with Crippen LogP contribution in [0.25, 0.3) is 0 Å². The molecule has 0 spiro atoms. The monoisotopic (exact) mass is 333 g/mol. The molecule has 2 heterocycles. The number of nitrogens with zero attached hydrogens (tertiary/aromatic N) is 1. The predicted octanol–water partition coefficient (Wildman–Crippen LogP) is 2.18. The van der Waals surface area contributed by atoms with Gasteiger partial charge >= 0.3 is 5.97 Å². The van der Waals surface area contributed by atoms with Gasteiger partial charge in [-0.1, -0.05) is 12.1 Å². The standard InChI is InChI=1S/C18H23NO5/c20-17(19-9-3-5-13(11-19)18(21)22)15-7-1-2-8-16(15)24-12-14-6-4-10-23-14/h1-2,7-8,13-14H,3-6,9-12H2,(H,21,22)/t13-,14+/m0/s1. The number of piperidine rings is 1.